The van der Waals surface area contributed by atoms with Crippen LogP contribution in [-0.2, 0) is 25.5 Å². The molecule has 1 saturated heterocycles. The van der Waals surface area contributed by atoms with Gasteiger partial charge in [-0.3, -0.25) is 9.59 Å². The second-order valence-corrected chi connectivity index (χ2v) is 5.98. The Hall–Kier alpha value is -2.63. The number of esters is 1. The van der Waals surface area contributed by atoms with E-state index in [4.69, 9.17) is 0 Å². The van der Waals surface area contributed by atoms with Crippen LogP contribution in [0.25, 0.3) is 0 Å². The van der Waals surface area contributed by atoms with Gasteiger partial charge in [-0.15, -0.1) is 0 Å². The highest BCUT2D eigenvalue weighted by molar-refractivity contribution is 5.89. The zero-order chi connectivity index (χ0) is 18.1. The highest BCUT2D eigenvalue weighted by Crippen LogP contribution is 2.18. The molecule has 1 aromatic rings. The van der Waals surface area contributed by atoms with Gasteiger partial charge >= 0.3 is 5.97 Å². The lowest BCUT2D eigenvalue weighted by Crippen LogP contribution is -2.34. The van der Waals surface area contributed by atoms with Crippen LogP contribution >= 0.6 is 0 Å². The molecule has 1 unspecified atom stereocenters. The van der Waals surface area contributed by atoms with Crippen molar-refractivity contribution in [2.24, 2.45) is 5.92 Å². The van der Waals surface area contributed by atoms with E-state index >= 15 is 0 Å². The molecule has 0 aliphatic carbocycles. The highest BCUT2D eigenvalue weighted by atomic mass is 16.5. The summed E-state index contributed by atoms with van der Waals surface area (Å²) in [6.45, 7) is 1.53. The number of ether oxygens (including phenoxy) is 1. The topological polar surface area (TPSA) is 75.7 Å². The SMILES string of the molecule is COC(=O)/C=C/CCNC(=O)C1CC(=O)N(CCc2ccccc2)C1. The second kappa shape index (κ2) is 9.61. The average Bonchev–Trinajstić information content (AvgIpc) is 3.01. The summed E-state index contributed by atoms with van der Waals surface area (Å²) in [5.74, 6) is -0.793. The standard InChI is InChI=1S/C19H24N2O4/c1-25-18(23)9-5-6-11-20-19(24)16-13-17(22)21(14-16)12-10-15-7-3-2-4-8-15/h2-5,7-9,16H,6,10-14H2,1H3,(H,20,24)/b9-5+. The highest BCUT2D eigenvalue weighted by Gasteiger charge is 2.33. The molecule has 1 aliphatic heterocycles. The van der Waals surface area contributed by atoms with Crippen LogP contribution in [0, 0.1) is 5.92 Å². The number of rotatable bonds is 8. The molecule has 0 bridgehead atoms. The van der Waals surface area contributed by atoms with Crippen molar-refractivity contribution in [2.45, 2.75) is 19.3 Å². The Morgan fingerprint density at radius 2 is 2.08 bits per heavy atom. The van der Waals surface area contributed by atoms with Crippen LogP contribution in [0.15, 0.2) is 42.5 Å². The predicted molar refractivity (Wildman–Crippen MR) is 93.6 cm³/mol. The Morgan fingerprint density at radius 1 is 1.32 bits per heavy atom. The molecule has 1 aliphatic rings. The molecule has 6 heteroatoms. The van der Waals surface area contributed by atoms with Gasteiger partial charge in [0.25, 0.3) is 0 Å². The van der Waals surface area contributed by atoms with Crippen LogP contribution in [0.3, 0.4) is 0 Å². The van der Waals surface area contributed by atoms with Crippen LogP contribution in [-0.4, -0.2) is 49.4 Å². The molecular formula is C19H24N2O4. The van der Waals surface area contributed by atoms with Crippen LogP contribution in [0.5, 0.6) is 0 Å². The Morgan fingerprint density at radius 3 is 2.80 bits per heavy atom. The smallest absolute Gasteiger partial charge is 0.330 e. The molecule has 0 saturated carbocycles. The van der Waals surface area contributed by atoms with Crippen molar-refractivity contribution in [3.8, 4) is 0 Å². The van der Waals surface area contributed by atoms with Crippen molar-refractivity contribution in [1.82, 2.24) is 10.2 Å². The minimum atomic E-state index is -0.415. The molecule has 0 radical (unpaired) electrons. The normalized spacial score (nSPS) is 17.1. The van der Waals surface area contributed by atoms with E-state index in [9.17, 15) is 14.4 Å². The lowest BCUT2D eigenvalue weighted by Gasteiger charge is -2.16. The number of benzene rings is 1. The van der Waals surface area contributed by atoms with Crippen LogP contribution in [0.2, 0.25) is 0 Å². The number of carbonyl (C=O) groups excluding carboxylic acids is 3. The van der Waals surface area contributed by atoms with E-state index in [2.05, 4.69) is 10.1 Å². The van der Waals surface area contributed by atoms with Gasteiger partial charge in [0.05, 0.1) is 13.0 Å². The summed E-state index contributed by atoms with van der Waals surface area (Å²) in [6, 6.07) is 9.99. The maximum atomic E-state index is 12.2. The van der Waals surface area contributed by atoms with E-state index in [0.29, 0.717) is 26.1 Å². The van der Waals surface area contributed by atoms with Gasteiger partial charge in [-0.1, -0.05) is 36.4 Å². The maximum absolute atomic E-state index is 12.2. The number of nitrogens with one attached hydrogen (secondary N) is 1. The molecule has 0 aromatic heterocycles. The van der Waals surface area contributed by atoms with Gasteiger partial charge in [-0.05, 0) is 18.4 Å². The van der Waals surface area contributed by atoms with Crippen molar-refractivity contribution in [3.05, 3.63) is 48.0 Å². The predicted octanol–water partition coefficient (Wildman–Crippen LogP) is 1.31. The monoisotopic (exact) mass is 344 g/mol. The first-order chi connectivity index (χ1) is 12.1. The van der Waals surface area contributed by atoms with Crippen molar-refractivity contribution in [2.75, 3.05) is 26.7 Å². The van der Waals surface area contributed by atoms with Crippen LogP contribution in [0.1, 0.15) is 18.4 Å². The van der Waals surface area contributed by atoms with E-state index in [0.717, 1.165) is 6.42 Å². The summed E-state index contributed by atoms with van der Waals surface area (Å²) in [5.41, 5.74) is 1.18. The number of likely N-dealkylation sites (tertiary alicyclic amines) is 1. The van der Waals surface area contributed by atoms with Crippen molar-refractivity contribution in [3.63, 3.8) is 0 Å². The fourth-order valence-electron chi connectivity index (χ4n) is 2.74. The quantitative estimate of drug-likeness (QED) is 0.438. The summed E-state index contributed by atoms with van der Waals surface area (Å²) >= 11 is 0. The molecule has 0 spiro atoms. The summed E-state index contributed by atoms with van der Waals surface area (Å²) < 4.78 is 4.48. The molecule has 2 amide bonds. The van der Waals surface area contributed by atoms with E-state index in [1.165, 1.54) is 18.7 Å². The Balaban J connectivity index is 1.70. The van der Waals surface area contributed by atoms with Crippen molar-refractivity contribution < 1.29 is 19.1 Å². The van der Waals surface area contributed by atoms with Gasteiger partial charge in [0.1, 0.15) is 0 Å². The fraction of sp³-hybridized carbons (Fsp3) is 0.421. The second-order valence-electron chi connectivity index (χ2n) is 5.98. The molecule has 25 heavy (non-hydrogen) atoms. The lowest BCUT2D eigenvalue weighted by molar-refractivity contribution is -0.134. The largest absolute Gasteiger partial charge is 0.466 e. The van der Waals surface area contributed by atoms with E-state index in [-0.39, 0.29) is 24.2 Å². The third-order valence-electron chi connectivity index (χ3n) is 4.16. The van der Waals surface area contributed by atoms with Gasteiger partial charge < -0.3 is 15.0 Å². The number of amides is 2. The molecule has 1 heterocycles. The van der Waals surface area contributed by atoms with E-state index in [1.54, 1.807) is 11.0 Å². The molecule has 134 valence electrons. The molecule has 6 nitrogen and oxygen atoms in total. The third-order valence-corrected chi connectivity index (χ3v) is 4.16. The van der Waals surface area contributed by atoms with Gasteiger partial charge in [-0.2, -0.15) is 0 Å². The maximum Gasteiger partial charge on any atom is 0.330 e. The Kier molecular flexibility index (Phi) is 7.19. The zero-order valence-electron chi connectivity index (χ0n) is 14.4. The molecular weight excluding hydrogens is 320 g/mol. The first-order valence-corrected chi connectivity index (χ1v) is 8.44. The number of carbonyl (C=O) groups is 3. The molecule has 1 fully saturated rings. The third kappa shape index (κ3) is 6.06. The molecule has 2 rings (SSSR count). The van der Waals surface area contributed by atoms with Crippen molar-refractivity contribution in [1.29, 1.82) is 0 Å². The first kappa shape index (κ1) is 18.7. The summed E-state index contributed by atoms with van der Waals surface area (Å²) in [7, 11) is 1.31. The lowest BCUT2D eigenvalue weighted by atomic mass is 10.1. The zero-order valence-corrected chi connectivity index (χ0v) is 14.4. The van der Waals surface area contributed by atoms with Crippen LogP contribution < -0.4 is 5.32 Å². The summed E-state index contributed by atoms with van der Waals surface area (Å²) in [5, 5.41) is 2.81. The number of nitrogens with zero attached hydrogens (tertiary/aromatic N) is 1. The Labute approximate surface area is 147 Å². The molecule has 1 N–H and O–H groups in total. The average molecular weight is 344 g/mol. The number of methoxy groups -OCH3 is 1. The first-order valence-electron chi connectivity index (χ1n) is 8.44. The summed E-state index contributed by atoms with van der Waals surface area (Å²) in [6.07, 6.45) is 4.58. The molecule has 1 aromatic carbocycles. The van der Waals surface area contributed by atoms with Crippen molar-refractivity contribution >= 4 is 17.8 Å². The summed E-state index contributed by atoms with van der Waals surface area (Å²) in [4.78, 5) is 36.9. The number of hydrogen-bond acceptors (Lipinski definition) is 4. The fourth-order valence-corrected chi connectivity index (χ4v) is 2.74. The van der Waals surface area contributed by atoms with E-state index < -0.39 is 5.97 Å². The number of hydrogen-bond donors (Lipinski definition) is 1. The van der Waals surface area contributed by atoms with Crippen LogP contribution in [0.4, 0.5) is 0 Å². The van der Waals surface area contributed by atoms with Gasteiger partial charge in [-0.25, -0.2) is 4.79 Å². The minimum absolute atomic E-state index is 0.0293. The molecule has 1 atom stereocenters. The minimum Gasteiger partial charge on any atom is -0.466 e. The van der Waals surface area contributed by atoms with Gasteiger partial charge in [0.15, 0.2) is 0 Å². The Bertz CT molecular complexity index is 628. The van der Waals surface area contributed by atoms with E-state index in [1.807, 2.05) is 30.3 Å². The van der Waals surface area contributed by atoms with Gasteiger partial charge in [0.2, 0.25) is 11.8 Å². The van der Waals surface area contributed by atoms with Gasteiger partial charge in [0, 0.05) is 32.1 Å².